The van der Waals surface area contributed by atoms with Crippen molar-refractivity contribution in [1.82, 2.24) is 0 Å². The second-order valence-electron chi connectivity index (χ2n) is 3.39. The summed E-state index contributed by atoms with van der Waals surface area (Å²) in [6.07, 6.45) is -0.754. The second kappa shape index (κ2) is 4.04. The number of hydrogen-bond acceptors (Lipinski definition) is 3. The quantitative estimate of drug-likeness (QED) is 0.634. The van der Waals surface area contributed by atoms with Gasteiger partial charge in [-0.05, 0) is 27.7 Å². The zero-order valence-corrected chi connectivity index (χ0v) is 7.66. The number of aliphatic hydroxyl groups excluding tert-OH is 2. The van der Waals surface area contributed by atoms with E-state index in [1.165, 1.54) is 0 Å². The van der Waals surface area contributed by atoms with Gasteiger partial charge in [-0.15, -0.1) is 0 Å². The zero-order valence-electron chi connectivity index (χ0n) is 7.66. The van der Waals surface area contributed by atoms with Crippen LogP contribution in [-0.2, 0) is 4.74 Å². The molecule has 0 amide bonds. The Labute approximate surface area is 68.0 Å². The van der Waals surface area contributed by atoms with Crippen LogP contribution in [0.1, 0.15) is 27.7 Å². The number of aliphatic hydroxyl groups is 2. The van der Waals surface area contributed by atoms with Crippen molar-refractivity contribution in [3.8, 4) is 0 Å². The first-order chi connectivity index (χ1) is 4.90. The van der Waals surface area contributed by atoms with Gasteiger partial charge < -0.3 is 14.9 Å². The third-order valence-electron chi connectivity index (χ3n) is 1.77. The van der Waals surface area contributed by atoms with Crippen molar-refractivity contribution in [2.75, 3.05) is 6.61 Å². The standard InChI is InChI=1S/C8H18O3/c1-6(5-9)11-8(3,4)7(2)10/h6-7,9-10H,5H2,1-4H3. The van der Waals surface area contributed by atoms with Crippen molar-refractivity contribution < 1.29 is 14.9 Å². The van der Waals surface area contributed by atoms with Crippen molar-refractivity contribution in [3.63, 3.8) is 0 Å². The van der Waals surface area contributed by atoms with Gasteiger partial charge in [0.05, 0.1) is 24.4 Å². The summed E-state index contributed by atoms with van der Waals surface area (Å²) in [5, 5.41) is 17.9. The molecule has 2 atom stereocenters. The van der Waals surface area contributed by atoms with Crippen LogP contribution in [0.4, 0.5) is 0 Å². The molecule has 68 valence electrons. The van der Waals surface area contributed by atoms with Crippen LogP contribution in [0.2, 0.25) is 0 Å². The van der Waals surface area contributed by atoms with E-state index in [4.69, 9.17) is 9.84 Å². The third-order valence-corrected chi connectivity index (χ3v) is 1.77. The molecule has 0 aromatic heterocycles. The monoisotopic (exact) mass is 162 g/mol. The van der Waals surface area contributed by atoms with E-state index in [2.05, 4.69) is 0 Å². The molecule has 2 unspecified atom stereocenters. The molecule has 0 bridgehead atoms. The van der Waals surface area contributed by atoms with Crippen molar-refractivity contribution in [2.24, 2.45) is 0 Å². The fraction of sp³-hybridized carbons (Fsp3) is 1.00. The highest BCUT2D eigenvalue weighted by Gasteiger charge is 2.26. The minimum absolute atomic E-state index is 0.0177. The van der Waals surface area contributed by atoms with Crippen LogP contribution in [0.15, 0.2) is 0 Å². The van der Waals surface area contributed by atoms with Gasteiger partial charge in [0.15, 0.2) is 0 Å². The Morgan fingerprint density at radius 3 is 2.09 bits per heavy atom. The lowest BCUT2D eigenvalue weighted by Gasteiger charge is -2.31. The molecular weight excluding hydrogens is 144 g/mol. The van der Waals surface area contributed by atoms with E-state index in [1.807, 2.05) is 0 Å². The minimum Gasteiger partial charge on any atom is -0.394 e. The van der Waals surface area contributed by atoms with Gasteiger partial charge in [-0.2, -0.15) is 0 Å². The van der Waals surface area contributed by atoms with Crippen LogP contribution in [0, 0.1) is 0 Å². The average molecular weight is 162 g/mol. The molecule has 0 radical (unpaired) electrons. The van der Waals surface area contributed by atoms with E-state index in [9.17, 15) is 5.11 Å². The van der Waals surface area contributed by atoms with Crippen LogP contribution in [0.25, 0.3) is 0 Å². The Kier molecular flexibility index (Phi) is 4.00. The summed E-state index contributed by atoms with van der Waals surface area (Å²) < 4.78 is 5.35. The summed E-state index contributed by atoms with van der Waals surface area (Å²) in [5.41, 5.74) is -0.581. The van der Waals surface area contributed by atoms with Crippen molar-refractivity contribution in [3.05, 3.63) is 0 Å². The molecule has 3 nitrogen and oxygen atoms in total. The van der Waals surface area contributed by atoms with E-state index in [-0.39, 0.29) is 12.7 Å². The largest absolute Gasteiger partial charge is 0.394 e. The first-order valence-corrected chi connectivity index (χ1v) is 3.87. The van der Waals surface area contributed by atoms with Gasteiger partial charge in [0, 0.05) is 0 Å². The summed E-state index contributed by atoms with van der Waals surface area (Å²) in [4.78, 5) is 0. The van der Waals surface area contributed by atoms with Crippen LogP contribution in [-0.4, -0.2) is 34.6 Å². The van der Waals surface area contributed by atoms with Gasteiger partial charge in [-0.3, -0.25) is 0 Å². The van der Waals surface area contributed by atoms with Crippen molar-refractivity contribution in [2.45, 2.75) is 45.5 Å². The SMILES string of the molecule is CC(CO)OC(C)(C)C(C)O. The Morgan fingerprint density at radius 1 is 1.36 bits per heavy atom. The maximum Gasteiger partial charge on any atom is 0.0886 e. The molecular formula is C8H18O3. The van der Waals surface area contributed by atoms with E-state index < -0.39 is 11.7 Å². The Bertz CT molecular complexity index is 110. The molecule has 11 heavy (non-hydrogen) atoms. The van der Waals surface area contributed by atoms with Gasteiger partial charge in [0.2, 0.25) is 0 Å². The maximum atomic E-state index is 9.22. The first-order valence-electron chi connectivity index (χ1n) is 3.87. The van der Waals surface area contributed by atoms with Gasteiger partial charge >= 0.3 is 0 Å². The highest BCUT2D eigenvalue weighted by Crippen LogP contribution is 2.16. The highest BCUT2D eigenvalue weighted by atomic mass is 16.5. The van der Waals surface area contributed by atoms with E-state index >= 15 is 0 Å². The molecule has 0 saturated heterocycles. The van der Waals surface area contributed by atoms with Crippen LogP contribution < -0.4 is 0 Å². The fourth-order valence-corrected chi connectivity index (χ4v) is 0.654. The van der Waals surface area contributed by atoms with Crippen LogP contribution >= 0.6 is 0 Å². The number of ether oxygens (including phenoxy) is 1. The fourth-order valence-electron chi connectivity index (χ4n) is 0.654. The molecule has 0 aliphatic carbocycles. The third kappa shape index (κ3) is 3.70. The molecule has 0 rings (SSSR count). The highest BCUT2D eigenvalue weighted by molar-refractivity contribution is 4.76. The van der Waals surface area contributed by atoms with Gasteiger partial charge in [0.25, 0.3) is 0 Å². The normalized spacial score (nSPS) is 18.0. The summed E-state index contributed by atoms with van der Waals surface area (Å²) in [6.45, 7) is 7.01. The smallest absolute Gasteiger partial charge is 0.0886 e. The van der Waals surface area contributed by atoms with E-state index in [1.54, 1.807) is 27.7 Å². The number of hydrogen-bond donors (Lipinski definition) is 2. The molecule has 0 spiro atoms. The summed E-state index contributed by atoms with van der Waals surface area (Å²) in [6, 6.07) is 0. The lowest BCUT2D eigenvalue weighted by Crippen LogP contribution is -2.40. The lowest BCUT2D eigenvalue weighted by atomic mass is 10.0. The lowest BCUT2D eigenvalue weighted by molar-refractivity contribution is -0.134. The zero-order chi connectivity index (χ0) is 9.07. The molecule has 3 heteroatoms. The molecule has 0 aliphatic rings. The predicted molar refractivity (Wildman–Crippen MR) is 43.4 cm³/mol. The summed E-state index contributed by atoms with van der Waals surface area (Å²) in [7, 11) is 0. The Morgan fingerprint density at radius 2 is 1.82 bits per heavy atom. The number of rotatable bonds is 4. The van der Waals surface area contributed by atoms with E-state index in [0.717, 1.165) is 0 Å². The molecule has 0 saturated carbocycles. The summed E-state index contributed by atoms with van der Waals surface area (Å²) in [5.74, 6) is 0. The Balaban J connectivity index is 3.90. The molecule has 2 N–H and O–H groups in total. The minimum atomic E-state index is -0.581. The van der Waals surface area contributed by atoms with Crippen molar-refractivity contribution in [1.29, 1.82) is 0 Å². The van der Waals surface area contributed by atoms with Crippen LogP contribution in [0.5, 0.6) is 0 Å². The predicted octanol–water partition coefficient (Wildman–Crippen LogP) is 0.543. The topological polar surface area (TPSA) is 49.7 Å². The molecule has 0 aliphatic heterocycles. The Hall–Kier alpha value is -0.120. The first kappa shape index (κ1) is 10.9. The second-order valence-corrected chi connectivity index (χ2v) is 3.39. The molecule has 0 aromatic carbocycles. The van der Waals surface area contributed by atoms with Gasteiger partial charge in [0.1, 0.15) is 0 Å². The van der Waals surface area contributed by atoms with Gasteiger partial charge in [-0.25, -0.2) is 0 Å². The van der Waals surface area contributed by atoms with Crippen molar-refractivity contribution >= 4 is 0 Å². The molecule has 0 heterocycles. The molecule has 0 fully saturated rings. The van der Waals surface area contributed by atoms with Crippen LogP contribution in [0.3, 0.4) is 0 Å². The maximum absolute atomic E-state index is 9.22. The average Bonchev–Trinajstić information content (AvgIpc) is 1.86. The van der Waals surface area contributed by atoms with Gasteiger partial charge in [-0.1, -0.05) is 0 Å². The molecule has 0 aromatic rings. The van der Waals surface area contributed by atoms with E-state index in [0.29, 0.717) is 0 Å². The summed E-state index contributed by atoms with van der Waals surface area (Å²) >= 11 is 0.